The number of anilines is 1. The zero-order valence-electron chi connectivity index (χ0n) is 18.1. The lowest BCUT2D eigenvalue weighted by atomic mass is 10.1. The van der Waals surface area contributed by atoms with Crippen LogP contribution in [0.5, 0.6) is 11.5 Å². The van der Waals surface area contributed by atoms with Crippen LogP contribution in [0.4, 0.5) is 5.69 Å². The molecule has 0 fully saturated rings. The largest absolute Gasteiger partial charge is 0.493 e. The van der Waals surface area contributed by atoms with E-state index in [2.05, 4.69) is 10.0 Å². The van der Waals surface area contributed by atoms with Crippen LogP contribution in [0.25, 0.3) is 0 Å². The smallest absolute Gasteiger partial charge is 0.242 e. The van der Waals surface area contributed by atoms with Crippen LogP contribution in [-0.2, 0) is 21.2 Å². The molecule has 3 aromatic rings. The van der Waals surface area contributed by atoms with E-state index in [1.165, 1.54) is 44.6 Å². The summed E-state index contributed by atoms with van der Waals surface area (Å²) in [6.07, 6.45) is 0.0815. The summed E-state index contributed by atoms with van der Waals surface area (Å²) in [6, 6.07) is 14.7. The normalized spacial score (nSPS) is 12.1. The number of amides is 1. The van der Waals surface area contributed by atoms with Crippen molar-refractivity contribution < 1.29 is 22.7 Å². The van der Waals surface area contributed by atoms with Crippen LogP contribution in [0.3, 0.4) is 0 Å². The summed E-state index contributed by atoms with van der Waals surface area (Å²) in [7, 11) is -1.29. The molecule has 0 bridgehead atoms. The van der Waals surface area contributed by atoms with E-state index in [4.69, 9.17) is 44.3 Å². The van der Waals surface area contributed by atoms with Crippen molar-refractivity contribution in [2.24, 2.45) is 0 Å². The van der Waals surface area contributed by atoms with E-state index in [1.807, 2.05) is 6.07 Å². The Bertz CT molecular complexity index is 1290. The molecule has 1 atom stereocenters. The Morgan fingerprint density at radius 3 is 2.18 bits per heavy atom. The Morgan fingerprint density at radius 1 is 0.882 bits per heavy atom. The van der Waals surface area contributed by atoms with Crippen LogP contribution in [-0.4, -0.2) is 34.6 Å². The molecular formula is C23H21Cl3N2O5S. The van der Waals surface area contributed by atoms with E-state index < -0.39 is 22.0 Å². The summed E-state index contributed by atoms with van der Waals surface area (Å²) < 4.78 is 39.2. The first kappa shape index (κ1) is 26.1. The molecule has 0 unspecified atom stereocenters. The molecule has 0 spiro atoms. The molecule has 2 N–H and O–H groups in total. The first-order chi connectivity index (χ1) is 16.1. The van der Waals surface area contributed by atoms with E-state index >= 15 is 0 Å². The molecule has 0 saturated heterocycles. The number of hydrogen-bond donors (Lipinski definition) is 2. The minimum Gasteiger partial charge on any atom is -0.493 e. The van der Waals surface area contributed by atoms with E-state index in [1.54, 1.807) is 24.3 Å². The highest BCUT2D eigenvalue weighted by Gasteiger charge is 2.27. The zero-order valence-corrected chi connectivity index (χ0v) is 21.2. The van der Waals surface area contributed by atoms with Gasteiger partial charge in [0.05, 0.1) is 39.9 Å². The first-order valence-corrected chi connectivity index (χ1v) is 12.5. The second kappa shape index (κ2) is 11.3. The quantitative estimate of drug-likeness (QED) is 0.362. The predicted octanol–water partition coefficient (Wildman–Crippen LogP) is 5.19. The molecule has 0 aliphatic heterocycles. The minimum atomic E-state index is -4.13. The second-order valence-corrected chi connectivity index (χ2v) is 10.1. The Kier molecular flexibility index (Phi) is 8.67. The molecule has 3 rings (SSSR count). The van der Waals surface area contributed by atoms with Gasteiger partial charge in [-0.3, -0.25) is 4.79 Å². The Morgan fingerprint density at radius 2 is 1.53 bits per heavy atom. The molecule has 11 heteroatoms. The first-order valence-electron chi connectivity index (χ1n) is 9.88. The van der Waals surface area contributed by atoms with Crippen molar-refractivity contribution in [2.75, 3.05) is 19.5 Å². The fourth-order valence-electron chi connectivity index (χ4n) is 3.11. The van der Waals surface area contributed by atoms with Crippen molar-refractivity contribution in [3.63, 3.8) is 0 Å². The number of halogens is 3. The van der Waals surface area contributed by atoms with E-state index in [0.717, 1.165) is 5.56 Å². The fraction of sp³-hybridized carbons (Fsp3) is 0.174. The summed E-state index contributed by atoms with van der Waals surface area (Å²) in [4.78, 5) is 13.1. The highest BCUT2D eigenvalue weighted by Crippen LogP contribution is 2.33. The molecule has 0 heterocycles. The van der Waals surface area contributed by atoms with Gasteiger partial charge in [0.2, 0.25) is 15.9 Å². The standard InChI is InChI=1S/C23H21Cl3N2O5S/c1-32-21-9-8-15(11-22(21)33-2)34(30,31)28-20(10-14-6-4-3-5-7-14)23(29)27-19-13-17(25)16(24)12-18(19)26/h3-9,11-13,20,28H,10H2,1-2H3,(H,27,29)/t20-/m0/s1. The molecule has 0 saturated carbocycles. The topological polar surface area (TPSA) is 93.7 Å². The van der Waals surface area contributed by atoms with Crippen LogP contribution < -0.4 is 19.5 Å². The van der Waals surface area contributed by atoms with Gasteiger partial charge in [-0.1, -0.05) is 65.1 Å². The lowest BCUT2D eigenvalue weighted by molar-refractivity contribution is -0.117. The number of hydrogen-bond acceptors (Lipinski definition) is 5. The summed E-state index contributed by atoms with van der Waals surface area (Å²) in [5, 5.41) is 3.19. The lowest BCUT2D eigenvalue weighted by Gasteiger charge is -2.20. The van der Waals surface area contributed by atoms with Gasteiger partial charge in [0.25, 0.3) is 0 Å². The number of carbonyl (C=O) groups is 1. The SMILES string of the molecule is COc1ccc(S(=O)(=O)N[C@@H](Cc2ccccc2)C(=O)Nc2cc(Cl)c(Cl)cc2Cl)cc1OC. The van der Waals surface area contributed by atoms with Gasteiger partial charge < -0.3 is 14.8 Å². The molecule has 34 heavy (non-hydrogen) atoms. The molecule has 3 aromatic carbocycles. The van der Waals surface area contributed by atoms with Crippen LogP contribution in [0, 0.1) is 0 Å². The molecule has 0 aliphatic rings. The Hall–Kier alpha value is -2.49. The molecule has 0 aliphatic carbocycles. The molecule has 180 valence electrons. The fourth-order valence-corrected chi connectivity index (χ4v) is 4.92. The average molecular weight is 544 g/mol. The van der Waals surface area contributed by atoms with Crippen molar-refractivity contribution in [1.29, 1.82) is 0 Å². The van der Waals surface area contributed by atoms with Crippen molar-refractivity contribution in [1.82, 2.24) is 4.72 Å². The summed E-state index contributed by atoms with van der Waals surface area (Å²) >= 11 is 18.2. The maximum absolute atomic E-state index is 13.2. The number of sulfonamides is 1. The molecule has 0 aromatic heterocycles. The van der Waals surface area contributed by atoms with Crippen molar-refractivity contribution >= 4 is 56.4 Å². The average Bonchev–Trinajstić information content (AvgIpc) is 2.82. The van der Waals surface area contributed by atoms with Gasteiger partial charge in [0.15, 0.2) is 11.5 Å². The predicted molar refractivity (Wildman–Crippen MR) is 134 cm³/mol. The number of nitrogens with one attached hydrogen (secondary N) is 2. The van der Waals surface area contributed by atoms with Gasteiger partial charge in [-0.2, -0.15) is 4.72 Å². The third kappa shape index (κ3) is 6.34. The monoisotopic (exact) mass is 542 g/mol. The van der Waals surface area contributed by atoms with Crippen LogP contribution in [0.2, 0.25) is 15.1 Å². The Balaban J connectivity index is 1.93. The molecule has 7 nitrogen and oxygen atoms in total. The van der Waals surface area contributed by atoms with Gasteiger partial charge in [-0.25, -0.2) is 8.42 Å². The van der Waals surface area contributed by atoms with Gasteiger partial charge in [0.1, 0.15) is 6.04 Å². The lowest BCUT2D eigenvalue weighted by Crippen LogP contribution is -2.45. The van der Waals surface area contributed by atoms with E-state index in [0.29, 0.717) is 5.75 Å². The summed E-state index contributed by atoms with van der Waals surface area (Å²) in [5.74, 6) is -0.0282. The van der Waals surface area contributed by atoms with Gasteiger partial charge in [0, 0.05) is 6.07 Å². The zero-order chi connectivity index (χ0) is 24.9. The van der Waals surface area contributed by atoms with E-state index in [-0.39, 0.29) is 37.8 Å². The highest BCUT2D eigenvalue weighted by molar-refractivity contribution is 7.89. The Labute approximate surface area is 213 Å². The molecular weight excluding hydrogens is 523 g/mol. The third-order valence-corrected chi connectivity index (χ3v) is 7.33. The van der Waals surface area contributed by atoms with Crippen molar-refractivity contribution in [2.45, 2.75) is 17.4 Å². The number of ether oxygens (including phenoxy) is 2. The molecule has 1 amide bonds. The van der Waals surface area contributed by atoms with Gasteiger partial charge in [-0.15, -0.1) is 0 Å². The van der Waals surface area contributed by atoms with Gasteiger partial charge in [-0.05, 0) is 36.2 Å². The highest BCUT2D eigenvalue weighted by atomic mass is 35.5. The number of carbonyl (C=O) groups excluding carboxylic acids is 1. The second-order valence-electron chi connectivity index (χ2n) is 7.12. The van der Waals surface area contributed by atoms with E-state index in [9.17, 15) is 13.2 Å². The van der Waals surface area contributed by atoms with Gasteiger partial charge >= 0.3 is 0 Å². The maximum atomic E-state index is 13.2. The maximum Gasteiger partial charge on any atom is 0.242 e. The number of methoxy groups -OCH3 is 2. The van der Waals surface area contributed by atoms with Crippen molar-refractivity contribution in [3.05, 3.63) is 81.3 Å². The van der Waals surface area contributed by atoms with Crippen LogP contribution in [0.1, 0.15) is 5.56 Å². The summed E-state index contributed by atoms with van der Waals surface area (Å²) in [5.41, 5.74) is 0.947. The van der Waals surface area contributed by atoms with Crippen molar-refractivity contribution in [3.8, 4) is 11.5 Å². The summed E-state index contributed by atoms with van der Waals surface area (Å²) in [6.45, 7) is 0. The van der Waals surface area contributed by atoms with Crippen LogP contribution >= 0.6 is 34.8 Å². The number of benzene rings is 3. The third-order valence-electron chi connectivity index (χ3n) is 4.83. The van der Waals surface area contributed by atoms with Crippen LogP contribution in [0.15, 0.2) is 65.6 Å². The minimum absolute atomic E-state index is 0.0815. The number of rotatable bonds is 9. The molecule has 0 radical (unpaired) electrons.